The molecule has 2 rings (SSSR count). The molecule has 2 aromatic rings. The highest BCUT2D eigenvalue weighted by atomic mass is 35.5. The Labute approximate surface area is 131 Å². The molecule has 4 heteroatoms. The summed E-state index contributed by atoms with van der Waals surface area (Å²) in [6, 6.07) is 15.0. The second kappa shape index (κ2) is 7.65. The van der Waals surface area contributed by atoms with Gasteiger partial charge in [-0.15, -0.1) is 12.4 Å². The van der Waals surface area contributed by atoms with E-state index in [0.717, 1.165) is 16.7 Å². The second-order valence-electron chi connectivity index (χ2n) is 4.75. The fourth-order valence-corrected chi connectivity index (χ4v) is 2.59. The van der Waals surface area contributed by atoms with Gasteiger partial charge < -0.3 is 10.8 Å². The topological polar surface area (TPSA) is 46.2 Å². The molecule has 0 aliphatic heterocycles. The predicted molar refractivity (Wildman–Crippen MR) is 86.5 cm³/mol. The van der Waals surface area contributed by atoms with Crippen molar-refractivity contribution in [1.29, 1.82) is 0 Å². The van der Waals surface area contributed by atoms with Crippen LogP contribution in [0.1, 0.15) is 22.7 Å². The smallest absolute Gasteiger partial charge is 0.0773 e. The summed E-state index contributed by atoms with van der Waals surface area (Å²) in [5.74, 6) is 0. The van der Waals surface area contributed by atoms with E-state index in [4.69, 9.17) is 17.3 Å². The van der Waals surface area contributed by atoms with Crippen molar-refractivity contribution in [3.8, 4) is 0 Å². The molecule has 2 nitrogen and oxygen atoms in total. The van der Waals surface area contributed by atoms with E-state index in [2.05, 4.69) is 0 Å². The van der Waals surface area contributed by atoms with Gasteiger partial charge in [-0.3, -0.25) is 0 Å². The number of hydrogen-bond acceptors (Lipinski definition) is 2. The first-order chi connectivity index (χ1) is 9.09. The van der Waals surface area contributed by atoms with E-state index >= 15 is 0 Å². The van der Waals surface area contributed by atoms with Crippen molar-refractivity contribution < 1.29 is 5.11 Å². The highest BCUT2D eigenvalue weighted by Crippen LogP contribution is 2.28. The molecule has 0 heterocycles. The Bertz CT molecular complexity index is 525. The number of aliphatic hydroxyl groups excluding tert-OH is 1. The third kappa shape index (κ3) is 3.97. The summed E-state index contributed by atoms with van der Waals surface area (Å²) in [6.45, 7) is 1.95. The van der Waals surface area contributed by atoms with Gasteiger partial charge in [0.25, 0.3) is 0 Å². The molecule has 20 heavy (non-hydrogen) atoms. The lowest BCUT2D eigenvalue weighted by atomic mass is 9.94. The molecule has 0 aliphatic carbocycles. The van der Waals surface area contributed by atoms with Crippen LogP contribution in [0, 0.1) is 6.92 Å². The maximum atomic E-state index is 10.3. The fourth-order valence-electron chi connectivity index (χ4n) is 2.24. The van der Waals surface area contributed by atoms with Crippen LogP contribution in [0.2, 0.25) is 5.02 Å². The molecule has 0 aliphatic rings. The zero-order chi connectivity index (χ0) is 13.8. The van der Waals surface area contributed by atoms with Crippen molar-refractivity contribution in [2.75, 3.05) is 0 Å². The Morgan fingerprint density at radius 2 is 1.75 bits per heavy atom. The van der Waals surface area contributed by atoms with Crippen molar-refractivity contribution in [3.63, 3.8) is 0 Å². The van der Waals surface area contributed by atoms with Gasteiger partial charge >= 0.3 is 0 Å². The largest absolute Gasteiger partial charge is 0.391 e. The highest BCUT2D eigenvalue weighted by molar-refractivity contribution is 6.31. The van der Waals surface area contributed by atoms with Crippen LogP contribution in [0.4, 0.5) is 0 Å². The van der Waals surface area contributed by atoms with Crippen LogP contribution in [-0.4, -0.2) is 11.2 Å². The van der Waals surface area contributed by atoms with Gasteiger partial charge in [0.15, 0.2) is 0 Å². The standard InChI is InChI=1S/C16H18ClNO.ClH/c1-11-6-5-9-13(17)15(11)16(18)14(19)10-12-7-3-2-4-8-12;/h2-9,14,16,19H,10,18H2,1H3;1H/t14-,16-;/m1./s1. The van der Waals surface area contributed by atoms with Gasteiger partial charge in [-0.2, -0.15) is 0 Å². The quantitative estimate of drug-likeness (QED) is 0.905. The lowest BCUT2D eigenvalue weighted by Gasteiger charge is -2.22. The summed E-state index contributed by atoms with van der Waals surface area (Å²) in [7, 11) is 0. The van der Waals surface area contributed by atoms with Crippen molar-refractivity contribution in [1.82, 2.24) is 0 Å². The van der Waals surface area contributed by atoms with Gasteiger partial charge in [-0.05, 0) is 29.7 Å². The van der Waals surface area contributed by atoms with Gasteiger partial charge in [-0.25, -0.2) is 0 Å². The fraction of sp³-hybridized carbons (Fsp3) is 0.250. The molecule has 2 aromatic carbocycles. The van der Waals surface area contributed by atoms with E-state index in [1.54, 1.807) is 6.07 Å². The molecule has 0 amide bonds. The van der Waals surface area contributed by atoms with Gasteiger partial charge in [0.1, 0.15) is 0 Å². The maximum Gasteiger partial charge on any atom is 0.0773 e. The maximum absolute atomic E-state index is 10.3. The lowest BCUT2D eigenvalue weighted by molar-refractivity contribution is 0.145. The highest BCUT2D eigenvalue weighted by Gasteiger charge is 2.21. The molecule has 0 unspecified atom stereocenters. The Balaban J connectivity index is 0.00000200. The Morgan fingerprint density at radius 1 is 1.10 bits per heavy atom. The average Bonchev–Trinajstić information content (AvgIpc) is 2.39. The Morgan fingerprint density at radius 3 is 2.35 bits per heavy atom. The van der Waals surface area contributed by atoms with E-state index in [-0.39, 0.29) is 12.4 Å². The minimum Gasteiger partial charge on any atom is -0.391 e. The Kier molecular flexibility index (Phi) is 6.50. The van der Waals surface area contributed by atoms with Crippen LogP contribution < -0.4 is 5.73 Å². The summed E-state index contributed by atoms with van der Waals surface area (Å²) in [6.07, 6.45) is -0.131. The molecule has 0 saturated carbocycles. The normalized spacial score (nSPS) is 13.4. The minimum atomic E-state index is -0.652. The van der Waals surface area contributed by atoms with Crippen molar-refractivity contribution >= 4 is 24.0 Å². The van der Waals surface area contributed by atoms with Crippen LogP contribution in [0.25, 0.3) is 0 Å². The number of rotatable bonds is 4. The van der Waals surface area contributed by atoms with Crippen LogP contribution in [-0.2, 0) is 6.42 Å². The number of aliphatic hydroxyl groups is 1. The van der Waals surface area contributed by atoms with Crippen molar-refractivity contribution in [2.24, 2.45) is 5.73 Å². The summed E-state index contributed by atoms with van der Waals surface area (Å²) in [5.41, 5.74) is 9.05. The molecule has 0 spiro atoms. The van der Waals surface area contributed by atoms with E-state index in [9.17, 15) is 5.11 Å². The van der Waals surface area contributed by atoms with E-state index in [1.807, 2.05) is 49.4 Å². The first-order valence-electron chi connectivity index (χ1n) is 6.32. The number of halogens is 2. The van der Waals surface area contributed by atoms with E-state index < -0.39 is 12.1 Å². The third-order valence-electron chi connectivity index (χ3n) is 3.31. The average molecular weight is 312 g/mol. The van der Waals surface area contributed by atoms with Crippen molar-refractivity contribution in [3.05, 3.63) is 70.2 Å². The number of hydrogen-bond donors (Lipinski definition) is 2. The number of benzene rings is 2. The van der Waals surface area contributed by atoms with Crippen LogP contribution in [0.5, 0.6) is 0 Å². The van der Waals surface area contributed by atoms with Gasteiger partial charge in [0.05, 0.1) is 12.1 Å². The van der Waals surface area contributed by atoms with Crippen LogP contribution in [0.15, 0.2) is 48.5 Å². The number of aryl methyl sites for hydroxylation is 1. The zero-order valence-corrected chi connectivity index (χ0v) is 12.9. The minimum absolute atomic E-state index is 0. The summed E-state index contributed by atoms with van der Waals surface area (Å²) in [4.78, 5) is 0. The predicted octanol–water partition coefficient (Wildman–Crippen LogP) is 3.67. The molecular weight excluding hydrogens is 293 g/mol. The molecule has 0 fully saturated rings. The third-order valence-corrected chi connectivity index (χ3v) is 3.64. The van der Waals surface area contributed by atoms with Crippen LogP contribution in [0.3, 0.4) is 0 Å². The molecular formula is C16H19Cl2NO. The summed E-state index contributed by atoms with van der Waals surface area (Å²) < 4.78 is 0. The van der Waals surface area contributed by atoms with Crippen LogP contribution >= 0.6 is 24.0 Å². The number of nitrogens with two attached hydrogens (primary N) is 1. The van der Waals surface area contributed by atoms with Gasteiger partial charge in [0.2, 0.25) is 0 Å². The molecule has 0 aromatic heterocycles. The van der Waals surface area contributed by atoms with E-state index in [0.29, 0.717) is 11.4 Å². The SMILES string of the molecule is Cc1cccc(Cl)c1[C@H](N)[C@H](O)Cc1ccccc1.Cl. The molecule has 0 bridgehead atoms. The molecule has 2 atom stereocenters. The van der Waals surface area contributed by atoms with E-state index in [1.165, 1.54) is 0 Å². The molecule has 0 radical (unpaired) electrons. The molecule has 0 saturated heterocycles. The van der Waals surface area contributed by atoms with Crippen molar-refractivity contribution in [2.45, 2.75) is 25.5 Å². The second-order valence-corrected chi connectivity index (χ2v) is 5.16. The summed E-state index contributed by atoms with van der Waals surface area (Å²) >= 11 is 6.18. The van der Waals surface area contributed by atoms with Gasteiger partial charge in [-0.1, -0.05) is 54.1 Å². The first kappa shape index (κ1) is 17.0. The van der Waals surface area contributed by atoms with Gasteiger partial charge in [0, 0.05) is 11.4 Å². The summed E-state index contributed by atoms with van der Waals surface area (Å²) in [5, 5.41) is 10.9. The first-order valence-corrected chi connectivity index (χ1v) is 6.70. The zero-order valence-electron chi connectivity index (χ0n) is 11.3. The Hall–Kier alpha value is -1.06. The molecule has 3 N–H and O–H groups in total. The lowest BCUT2D eigenvalue weighted by Crippen LogP contribution is -2.29. The monoisotopic (exact) mass is 311 g/mol. The molecule has 108 valence electrons.